The van der Waals surface area contributed by atoms with E-state index in [9.17, 15) is 13.2 Å². The van der Waals surface area contributed by atoms with Crippen molar-refractivity contribution in [3.63, 3.8) is 0 Å². The molecule has 0 heterocycles. The molecule has 0 aliphatic carbocycles. The Kier molecular flexibility index (Phi) is 4.37. The summed E-state index contributed by atoms with van der Waals surface area (Å²) < 4.78 is 28.3. The van der Waals surface area contributed by atoms with Gasteiger partial charge in [0.2, 0.25) is 10.0 Å². The Hall–Kier alpha value is -1.40. The minimum Gasteiger partial charge on any atom is -0.459 e. The molecule has 1 aromatic carbocycles. The van der Waals surface area contributed by atoms with E-state index in [-0.39, 0.29) is 16.6 Å². The van der Waals surface area contributed by atoms with Crippen LogP contribution in [0.3, 0.4) is 0 Å². The number of benzene rings is 1. The highest BCUT2D eigenvalue weighted by molar-refractivity contribution is 7.89. The van der Waals surface area contributed by atoms with E-state index in [1.165, 1.54) is 0 Å². The second kappa shape index (κ2) is 5.30. The molecule has 106 valence electrons. The van der Waals surface area contributed by atoms with E-state index in [0.717, 1.165) is 0 Å². The number of nitrogens with two attached hydrogens (primary N) is 1. The number of carbonyl (C=O) groups is 1. The van der Waals surface area contributed by atoms with Crippen molar-refractivity contribution in [3.05, 3.63) is 28.3 Å². The molecule has 1 rings (SSSR count). The van der Waals surface area contributed by atoms with Crippen LogP contribution in [0.2, 0.25) is 0 Å². The smallest absolute Gasteiger partial charge is 0.338 e. The summed E-state index contributed by atoms with van der Waals surface area (Å²) in [6.45, 7) is 8.42. The van der Waals surface area contributed by atoms with Crippen LogP contribution in [-0.2, 0) is 14.8 Å². The summed E-state index contributed by atoms with van der Waals surface area (Å²) in [5.74, 6) is -0.532. The predicted octanol–water partition coefficient (Wildman–Crippen LogP) is 1.82. The maximum atomic E-state index is 12.0. The fraction of sp³-hybridized carbons (Fsp3) is 0.462. The van der Waals surface area contributed by atoms with Crippen LogP contribution in [0, 0.1) is 20.8 Å². The Labute approximate surface area is 113 Å². The number of aryl methyl sites for hydroxylation is 2. The molecular weight excluding hydrogens is 266 g/mol. The largest absolute Gasteiger partial charge is 0.459 e. The Bertz CT molecular complexity index is 618. The first-order valence-electron chi connectivity index (χ1n) is 5.90. The zero-order valence-corrected chi connectivity index (χ0v) is 12.6. The summed E-state index contributed by atoms with van der Waals surface area (Å²) >= 11 is 0. The van der Waals surface area contributed by atoms with Crippen LogP contribution in [-0.4, -0.2) is 20.5 Å². The number of primary sulfonamides is 1. The van der Waals surface area contributed by atoms with Crippen molar-refractivity contribution in [1.29, 1.82) is 0 Å². The van der Waals surface area contributed by atoms with Gasteiger partial charge in [0.1, 0.15) is 0 Å². The van der Waals surface area contributed by atoms with Gasteiger partial charge in [0.25, 0.3) is 0 Å². The van der Waals surface area contributed by atoms with Gasteiger partial charge in [-0.05, 0) is 51.3 Å². The fourth-order valence-corrected chi connectivity index (χ4v) is 3.23. The summed E-state index contributed by atoms with van der Waals surface area (Å²) in [5, 5.41) is 5.20. The van der Waals surface area contributed by atoms with Gasteiger partial charge >= 0.3 is 5.97 Å². The summed E-state index contributed by atoms with van der Waals surface area (Å²) in [6, 6.07) is 1.63. The third-order valence-corrected chi connectivity index (χ3v) is 3.93. The number of ether oxygens (including phenoxy) is 1. The van der Waals surface area contributed by atoms with Crippen molar-refractivity contribution in [2.24, 2.45) is 5.14 Å². The van der Waals surface area contributed by atoms with E-state index < -0.39 is 16.0 Å². The molecule has 6 heteroatoms. The lowest BCUT2D eigenvalue weighted by Gasteiger charge is -2.16. The van der Waals surface area contributed by atoms with Crippen LogP contribution in [0.4, 0.5) is 0 Å². The molecule has 0 bridgehead atoms. The maximum Gasteiger partial charge on any atom is 0.338 e. The SMILES string of the molecule is Cc1cc(C)c(S(N)(=O)=O)c(C)c1C(=O)OC(C)C. The fourth-order valence-electron chi connectivity index (χ4n) is 2.19. The number of rotatable bonds is 3. The number of esters is 1. The van der Waals surface area contributed by atoms with E-state index in [2.05, 4.69) is 0 Å². The van der Waals surface area contributed by atoms with Gasteiger partial charge in [0, 0.05) is 0 Å². The Balaban J connectivity index is 3.55. The third kappa shape index (κ3) is 3.33. The third-order valence-electron chi connectivity index (χ3n) is 2.73. The first kappa shape index (κ1) is 15.7. The Morgan fingerprint density at radius 3 is 2.16 bits per heavy atom. The summed E-state index contributed by atoms with van der Waals surface area (Å²) in [6.07, 6.45) is -0.273. The van der Waals surface area contributed by atoms with Crippen molar-refractivity contribution in [2.45, 2.75) is 45.6 Å². The van der Waals surface area contributed by atoms with E-state index in [4.69, 9.17) is 9.88 Å². The zero-order chi connectivity index (χ0) is 15.0. The molecule has 0 aliphatic rings. The molecule has 0 aliphatic heterocycles. The first-order chi connectivity index (χ1) is 8.55. The van der Waals surface area contributed by atoms with E-state index >= 15 is 0 Å². The highest BCUT2D eigenvalue weighted by Gasteiger charge is 2.24. The number of carbonyl (C=O) groups excluding carboxylic acids is 1. The van der Waals surface area contributed by atoms with Gasteiger partial charge in [-0.3, -0.25) is 0 Å². The lowest BCUT2D eigenvalue weighted by molar-refractivity contribution is 0.0376. The van der Waals surface area contributed by atoms with E-state index in [1.54, 1.807) is 40.7 Å². The van der Waals surface area contributed by atoms with Crippen molar-refractivity contribution in [2.75, 3.05) is 0 Å². The summed E-state index contributed by atoms with van der Waals surface area (Å²) in [7, 11) is -3.87. The van der Waals surface area contributed by atoms with Gasteiger partial charge in [-0.1, -0.05) is 6.07 Å². The molecule has 0 radical (unpaired) electrons. The predicted molar refractivity (Wildman–Crippen MR) is 72.6 cm³/mol. The highest BCUT2D eigenvalue weighted by atomic mass is 32.2. The standard InChI is InChI=1S/C13H19NO4S/c1-7(2)18-13(15)11-8(3)6-9(4)12(10(11)5)19(14,16)17/h6-7H,1-5H3,(H2,14,16,17). The molecule has 0 spiro atoms. The van der Waals surface area contributed by atoms with Crippen LogP contribution in [0.5, 0.6) is 0 Å². The van der Waals surface area contributed by atoms with Crippen LogP contribution in [0.1, 0.15) is 40.9 Å². The van der Waals surface area contributed by atoms with Crippen molar-refractivity contribution in [3.8, 4) is 0 Å². The quantitative estimate of drug-likeness (QED) is 0.858. The lowest BCUT2D eigenvalue weighted by atomic mass is 10.00. The molecule has 0 amide bonds. The van der Waals surface area contributed by atoms with Gasteiger partial charge < -0.3 is 4.74 Å². The van der Waals surface area contributed by atoms with Gasteiger partial charge in [0.15, 0.2) is 0 Å². The molecule has 0 atom stereocenters. The summed E-state index contributed by atoms with van der Waals surface area (Å²) in [4.78, 5) is 12.0. The van der Waals surface area contributed by atoms with Crippen molar-refractivity contribution >= 4 is 16.0 Å². The van der Waals surface area contributed by atoms with Crippen LogP contribution in [0.25, 0.3) is 0 Å². The first-order valence-corrected chi connectivity index (χ1v) is 7.45. The summed E-state index contributed by atoms with van der Waals surface area (Å²) in [5.41, 5.74) is 1.81. The zero-order valence-electron chi connectivity index (χ0n) is 11.8. The highest BCUT2D eigenvalue weighted by Crippen LogP contribution is 2.26. The molecule has 0 saturated carbocycles. The van der Waals surface area contributed by atoms with Gasteiger partial charge in [0.05, 0.1) is 16.6 Å². The topological polar surface area (TPSA) is 86.5 Å². The lowest BCUT2D eigenvalue weighted by Crippen LogP contribution is -2.20. The Morgan fingerprint density at radius 1 is 1.21 bits per heavy atom. The second-order valence-corrected chi connectivity index (χ2v) is 6.34. The molecule has 1 aromatic rings. The molecule has 0 saturated heterocycles. The van der Waals surface area contributed by atoms with Crippen LogP contribution < -0.4 is 5.14 Å². The average Bonchev–Trinajstić information content (AvgIpc) is 2.11. The number of hydrogen-bond acceptors (Lipinski definition) is 4. The molecule has 0 fully saturated rings. The average molecular weight is 285 g/mol. The number of hydrogen-bond donors (Lipinski definition) is 1. The minimum absolute atomic E-state index is 0.00574. The normalized spacial score (nSPS) is 11.7. The van der Waals surface area contributed by atoms with Crippen LogP contribution >= 0.6 is 0 Å². The van der Waals surface area contributed by atoms with Gasteiger partial charge in [-0.25, -0.2) is 18.4 Å². The molecule has 0 aromatic heterocycles. The molecule has 19 heavy (non-hydrogen) atoms. The van der Waals surface area contributed by atoms with E-state index in [1.807, 2.05) is 0 Å². The monoisotopic (exact) mass is 285 g/mol. The second-order valence-electron chi connectivity index (χ2n) is 4.84. The van der Waals surface area contributed by atoms with Gasteiger partial charge in [-0.15, -0.1) is 0 Å². The number of sulfonamides is 1. The van der Waals surface area contributed by atoms with Crippen LogP contribution in [0.15, 0.2) is 11.0 Å². The molecule has 5 nitrogen and oxygen atoms in total. The minimum atomic E-state index is -3.87. The molecule has 0 unspecified atom stereocenters. The van der Waals surface area contributed by atoms with E-state index in [0.29, 0.717) is 16.7 Å². The maximum absolute atomic E-state index is 12.0. The molecular formula is C13H19NO4S. The Morgan fingerprint density at radius 2 is 1.74 bits per heavy atom. The molecule has 2 N–H and O–H groups in total. The van der Waals surface area contributed by atoms with Crippen molar-refractivity contribution < 1.29 is 17.9 Å². The van der Waals surface area contributed by atoms with Gasteiger partial charge in [-0.2, -0.15) is 0 Å². The van der Waals surface area contributed by atoms with Crippen molar-refractivity contribution in [1.82, 2.24) is 0 Å².